The molecule has 0 amide bonds. The maximum absolute atomic E-state index is 12.2. The van der Waals surface area contributed by atoms with Gasteiger partial charge in [-0.1, -0.05) is 0 Å². The van der Waals surface area contributed by atoms with Crippen LogP contribution in [0.15, 0.2) is 4.99 Å². The number of alkyl halides is 3. The topological polar surface area (TPSA) is 76.4 Å². The van der Waals surface area contributed by atoms with Gasteiger partial charge in [-0.25, -0.2) is 4.99 Å². The number of rotatable bonds is 8. The molecule has 7 nitrogen and oxygen atoms in total. The molecular formula is C16H28F3IN6O. The summed E-state index contributed by atoms with van der Waals surface area (Å²) in [4.78, 5) is 4.47. The maximum Gasteiger partial charge on any atom is 0.389 e. The number of unbranched alkanes of at least 4 members (excludes halogenated alkanes) is 1. The molecule has 0 aromatic carbocycles. The van der Waals surface area contributed by atoms with Crippen LogP contribution in [0.2, 0.25) is 0 Å². The van der Waals surface area contributed by atoms with Crippen LogP contribution in [0.1, 0.15) is 43.8 Å². The molecular weight excluding hydrogens is 476 g/mol. The first-order valence-corrected chi connectivity index (χ1v) is 8.90. The van der Waals surface area contributed by atoms with Gasteiger partial charge in [0.2, 0.25) is 0 Å². The average molecular weight is 504 g/mol. The first kappa shape index (κ1) is 23.9. The standard InChI is InChI=1S/C16H27F3N6O.HI/c1-12-23-24-14(25(12)2)11-22-15(21-10-13-6-5-9-26-13)20-8-4-3-7-16(17,18)19;/h13H,3-11H2,1-2H3,(H2,20,21,22);1H. The summed E-state index contributed by atoms with van der Waals surface area (Å²) in [7, 11) is 1.87. The lowest BCUT2D eigenvalue weighted by atomic mass is 10.2. The molecule has 1 aliphatic rings. The van der Waals surface area contributed by atoms with Gasteiger partial charge in [-0.3, -0.25) is 0 Å². The summed E-state index contributed by atoms with van der Waals surface area (Å²) in [5.74, 6) is 2.06. The molecule has 1 fully saturated rings. The minimum atomic E-state index is -4.10. The number of hydrogen-bond donors (Lipinski definition) is 2. The smallest absolute Gasteiger partial charge is 0.376 e. The zero-order valence-corrected chi connectivity index (χ0v) is 18.0. The number of guanidine groups is 1. The van der Waals surface area contributed by atoms with Gasteiger partial charge in [-0.05, 0) is 32.6 Å². The lowest BCUT2D eigenvalue weighted by Crippen LogP contribution is -2.41. The van der Waals surface area contributed by atoms with Gasteiger partial charge in [-0.2, -0.15) is 13.2 Å². The molecule has 11 heteroatoms. The van der Waals surface area contributed by atoms with Crippen molar-refractivity contribution in [2.24, 2.45) is 12.0 Å². The second-order valence-corrected chi connectivity index (χ2v) is 6.40. The van der Waals surface area contributed by atoms with Crippen LogP contribution >= 0.6 is 24.0 Å². The minimum absolute atomic E-state index is 0. The molecule has 0 saturated carbocycles. The molecule has 0 bridgehead atoms. The van der Waals surface area contributed by atoms with Crippen molar-refractivity contribution in [1.82, 2.24) is 25.4 Å². The van der Waals surface area contributed by atoms with E-state index in [-0.39, 0.29) is 36.5 Å². The highest BCUT2D eigenvalue weighted by molar-refractivity contribution is 14.0. The number of aliphatic imine (C=N–C) groups is 1. The highest BCUT2D eigenvalue weighted by Crippen LogP contribution is 2.21. The number of halogens is 4. The Hall–Kier alpha value is -1.11. The monoisotopic (exact) mass is 504 g/mol. The molecule has 156 valence electrons. The van der Waals surface area contributed by atoms with Crippen molar-refractivity contribution in [2.45, 2.75) is 57.9 Å². The van der Waals surface area contributed by atoms with E-state index in [1.54, 1.807) is 0 Å². The summed E-state index contributed by atoms with van der Waals surface area (Å²) in [6, 6.07) is 0. The molecule has 0 aliphatic carbocycles. The van der Waals surface area contributed by atoms with Crippen LogP contribution in [-0.4, -0.2) is 52.7 Å². The highest BCUT2D eigenvalue weighted by atomic mass is 127. The fourth-order valence-electron chi connectivity index (χ4n) is 2.59. The molecule has 0 spiro atoms. The first-order valence-electron chi connectivity index (χ1n) is 8.90. The predicted octanol–water partition coefficient (Wildman–Crippen LogP) is 2.69. The fraction of sp³-hybridized carbons (Fsp3) is 0.812. The van der Waals surface area contributed by atoms with E-state index in [1.807, 2.05) is 18.5 Å². The van der Waals surface area contributed by atoms with Crippen LogP contribution in [-0.2, 0) is 18.3 Å². The third-order valence-corrected chi connectivity index (χ3v) is 4.26. The minimum Gasteiger partial charge on any atom is -0.376 e. The average Bonchev–Trinajstić information content (AvgIpc) is 3.20. The lowest BCUT2D eigenvalue weighted by molar-refractivity contribution is -0.135. The molecule has 1 aromatic rings. The molecule has 2 heterocycles. The van der Waals surface area contributed by atoms with E-state index in [9.17, 15) is 13.2 Å². The van der Waals surface area contributed by atoms with E-state index in [1.165, 1.54) is 0 Å². The van der Waals surface area contributed by atoms with Crippen molar-refractivity contribution < 1.29 is 17.9 Å². The summed E-state index contributed by atoms with van der Waals surface area (Å²) in [5, 5.41) is 14.3. The Bertz CT molecular complexity index is 587. The molecule has 1 aromatic heterocycles. The van der Waals surface area contributed by atoms with Crippen LogP contribution in [0.5, 0.6) is 0 Å². The van der Waals surface area contributed by atoms with E-state index < -0.39 is 12.6 Å². The van der Waals surface area contributed by atoms with Crippen LogP contribution < -0.4 is 10.6 Å². The van der Waals surface area contributed by atoms with Crippen molar-refractivity contribution in [1.29, 1.82) is 0 Å². The van der Waals surface area contributed by atoms with Gasteiger partial charge in [0.15, 0.2) is 11.8 Å². The lowest BCUT2D eigenvalue weighted by Gasteiger charge is -2.15. The van der Waals surface area contributed by atoms with Crippen molar-refractivity contribution in [2.75, 3.05) is 19.7 Å². The predicted molar refractivity (Wildman–Crippen MR) is 107 cm³/mol. The Morgan fingerprint density at radius 1 is 1.30 bits per heavy atom. The van der Waals surface area contributed by atoms with E-state index >= 15 is 0 Å². The fourth-order valence-corrected chi connectivity index (χ4v) is 2.59. The SMILES string of the molecule is Cc1nnc(CN=C(NCCCCC(F)(F)F)NCC2CCCO2)n1C.I. The number of hydrogen-bond acceptors (Lipinski definition) is 4. The first-order chi connectivity index (χ1) is 12.3. The number of nitrogens with one attached hydrogen (secondary N) is 2. The van der Waals surface area contributed by atoms with Crippen LogP contribution in [0, 0.1) is 6.92 Å². The molecule has 0 radical (unpaired) electrons. The number of aryl methyl sites for hydroxylation is 1. The third kappa shape index (κ3) is 9.08. The molecule has 2 N–H and O–H groups in total. The Morgan fingerprint density at radius 2 is 2.07 bits per heavy atom. The van der Waals surface area contributed by atoms with Gasteiger partial charge in [0, 0.05) is 33.2 Å². The van der Waals surface area contributed by atoms with Gasteiger partial charge in [0.05, 0.1) is 6.10 Å². The summed E-state index contributed by atoms with van der Waals surface area (Å²) < 4.78 is 44.0. The number of ether oxygens (including phenoxy) is 1. The zero-order chi connectivity index (χ0) is 19.0. The van der Waals surface area contributed by atoms with Crippen LogP contribution in [0.3, 0.4) is 0 Å². The maximum atomic E-state index is 12.2. The summed E-state index contributed by atoms with van der Waals surface area (Å²) in [6.07, 6.45) is -2.16. The van der Waals surface area contributed by atoms with Crippen molar-refractivity contribution in [3.63, 3.8) is 0 Å². The third-order valence-electron chi connectivity index (χ3n) is 4.26. The summed E-state index contributed by atoms with van der Waals surface area (Å²) in [5.41, 5.74) is 0. The van der Waals surface area contributed by atoms with E-state index in [0.717, 1.165) is 31.1 Å². The van der Waals surface area contributed by atoms with Gasteiger partial charge in [0.25, 0.3) is 0 Å². The van der Waals surface area contributed by atoms with E-state index in [2.05, 4.69) is 25.8 Å². The highest BCUT2D eigenvalue weighted by Gasteiger charge is 2.25. The molecule has 2 rings (SSSR count). The molecule has 1 saturated heterocycles. The van der Waals surface area contributed by atoms with Gasteiger partial charge < -0.3 is 19.9 Å². The second kappa shape index (κ2) is 11.7. The van der Waals surface area contributed by atoms with E-state index in [4.69, 9.17) is 4.74 Å². The largest absolute Gasteiger partial charge is 0.389 e. The molecule has 27 heavy (non-hydrogen) atoms. The van der Waals surface area contributed by atoms with Gasteiger partial charge in [0.1, 0.15) is 12.4 Å². The molecule has 1 atom stereocenters. The quantitative estimate of drug-likeness (QED) is 0.247. The van der Waals surface area contributed by atoms with E-state index in [0.29, 0.717) is 32.0 Å². The Balaban J connectivity index is 0.00000364. The summed E-state index contributed by atoms with van der Waals surface area (Å²) >= 11 is 0. The van der Waals surface area contributed by atoms with Gasteiger partial charge in [-0.15, -0.1) is 34.2 Å². The van der Waals surface area contributed by atoms with Crippen molar-refractivity contribution in [3.05, 3.63) is 11.6 Å². The Labute approximate surface area is 174 Å². The Morgan fingerprint density at radius 3 is 2.67 bits per heavy atom. The normalized spacial score (nSPS) is 17.7. The number of nitrogens with zero attached hydrogens (tertiary/aromatic N) is 4. The van der Waals surface area contributed by atoms with Crippen LogP contribution in [0.4, 0.5) is 13.2 Å². The van der Waals surface area contributed by atoms with Crippen molar-refractivity contribution >= 4 is 29.9 Å². The van der Waals surface area contributed by atoms with Crippen molar-refractivity contribution in [3.8, 4) is 0 Å². The zero-order valence-electron chi connectivity index (χ0n) is 15.7. The second-order valence-electron chi connectivity index (χ2n) is 6.40. The number of aromatic nitrogens is 3. The van der Waals surface area contributed by atoms with Crippen LogP contribution in [0.25, 0.3) is 0 Å². The molecule has 1 aliphatic heterocycles. The van der Waals surface area contributed by atoms with Gasteiger partial charge >= 0.3 is 6.18 Å². The molecule has 1 unspecified atom stereocenters. The Kier molecular flexibility index (Phi) is 10.3. The summed E-state index contributed by atoms with van der Waals surface area (Å²) in [6.45, 7) is 4.00.